The van der Waals surface area contributed by atoms with Crippen molar-refractivity contribution in [3.8, 4) is 11.6 Å². The summed E-state index contributed by atoms with van der Waals surface area (Å²) in [7, 11) is 0. The molecule has 0 amide bonds. The van der Waals surface area contributed by atoms with Crippen molar-refractivity contribution >= 4 is 29.4 Å². The molecular formula is C23H26ClNO4. The van der Waals surface area contributed by atoms with Gasteiger partial charge in [-0.1, -0.05) is 50.1 Å². The second-order valence-corrected chi connectivity index (χ2v) is 7.31. The molecule has 0 unspecified atom stereocenters. The molecule has 0 bridgehead atoms. The van der Waals surface area contributed by atoms with Gasteiger partial charge < -0.3 is 9.47 Å². The van der Waals surface area contributed by atoms with E-state index in [2.05, 4.69) is 11.9 Å². The van der Waals surface area contributed by atoms with Crippen LogP contribution in [0.5, 0.6) is 11.6 Å². The number of hydrogen-bond donors (Lipinski definition) is 0. The summed E-state index contributed by atoms with van der Waals surface area (Å²) in [6, 6.07) is 9.43. The summed E-state index contributed by atoms with van der Waals surface area (Å²) in [5.41, 5.74) is 2.07. The number of aromatic nitrogens is 1. The number of carbonyl (C=O) groups is 2. The van der Waals surface area contributed by atoms with Crippen LogP contribution in [0, 0.1) is 5.92 Å². The molecule has 1 atom stereocenters. The molecule has 2 rings (SSSR count). The maximum Gasteiger partial charge on any atom is 0.303 e. The number of allylic oxidation sites excluding steroid dienone is 1. The topological polar surface area (TPSA) is 65.5 Å². The zero-order valence-corrected chi connectivity index (χ0v) is 17.7. The number of rotatable bonds is 10. The van der Waals surface area contributed by atoms with Gasteiger partial charge in [-0.2, -0.15) is 0 Å². The molecule has 0 saturated heterocycles. The Morgan fingerprint density at radius 1 is 1.24 bits per heavy atom. The van der Waals surface area contributed by atoms with Crippen molar-refractivity contribution < 1.29 is 19.1 Å². The van der Waals surface area contributed by atoms with Crippen LogP contribution in [0.15, 0.2) is 42.6 Å². The predicted octanol–water partition coefficient (Wildman–Crippen LogP) is 5.65. The minimum Gasteiger partial charge on any atom is -0.458 e. The summed E-state index contributed by atoms with van der Waals surface area (Å²) in [6.45, 7) is 5.16. The van der Waals surface area contributed by atoms with E-state index in [1.165, 1.54) is 12.5 Å². The standard InChI is InChI=1S/C23H26ClNO4/c1-4-5-18-8-10-22(21(24)13-18)29-23-11-9-19(14-25-23)7-6-16(2)12-20(27)15-28-17(3)26/h6-11,13-14,16H,4-5,12,15H2,1-3H3/b7-6+/t16-/m0/s1. The van der Waals surface area contributed by atoms with Crippen LogP contribution >= 0.6 is 11.6 Å². The lowest BCUT2D eigenvalue weighted by Crippen LogP contribution is -2.13. The van der Waals surface area contributed by atoms with E-state index in [0.717, 1.165) is 18.4 Å². The number of carbonyl (C=O) groups excluding carboxylic acids is 2. The lowest BCUT2D eigenvalue weighted by Gasteiger charge is -2.08. The smallest absolute Gasteiger partial charge is 0.303 e. The fourth-order valence-electron chi connectivity index (χ4n) is 2.68. The molecule has 29 heavy (non-hydrogen) atoms. The third kappa shape index (κ3) is 8.08. The van der Waals surface area contributed by atoms with Gasteiger partial charge in [-0.25, -0.2) is 4.98 Å². The Kier molecular flexibility index (Phi) is 8.87. The number of ketones is 1. The second kappa shape index (κ2) is 11.4. The van der Waals surface area contributed by atoms with Crippen molar-refractivity contribution in [3.63, 3.8) is 0 Å². The predicted molar refractivity (Wildman–Crippen MR) is 114 cm³/mol. The SMILES string of the molecule is CCCc1ccc(Oc2ccc(/C=C/[C@H](C)CC(=O)COC(C)=O)cn2)c(Cl)c1. The van der Waals surface area contributed by atoms with E-state index < -0.39 is 5.97 Å². The van der Waals surface area contributed by atoms with Crippen molar-refractivity contribution in [1.82, 2.24) is 4.98 Å². The Morgan fingerprint density at radius 3 is 2.66 bits per heavy atom. The number of pyridine rings is 1. The van der Waals surface area contributed by atoms with Crippen molar-refractivity contribution in [3.05, 3.63) is 58.8 Å². The van der Waals surface area contributed by atoms with Gasteiger partial charge in [-0.05, 0) is 41.7 Å². The maximum absolute atomic E-state index is 11.7. The van der Waals surface area contributed by atoms with Crippen molar-refractivity contribution in [2.45, 2.75) is 40.0 Å². The number of nitrogens with zero attached hydrogens (tertiary/aromatic N) is 1. The molecule has 0 aliphatic rings. The minimum absolute atomic E-state index is 0.0226. The van der Waals surface area contributed by atoms with Gasteiger partial charge in [-0.3, -0.25) is 9.59 Å². The second-order valence-electron chi connectivity index (χ2n) is 6.91. The van der Waals surface area contributed by atoms with E-state index in [1.54, 1.807) is 12.3 Å². The molecule has 0 radical (unpaired) electrons. The average molecular weight is 416 g/mol. The quantitative estimate of drug-likeness (QED) is 0.469. The first kappa shape index (κ1) is 22.6. The van der Waals surface area contributed by atoms with E-state index in [1.807, 2.05) is 43.3 Å². The molecule has 0 saturated carbocycles. The summed E-state index contributed by atoms with van der Waals surface area (Å²) >= 11 is 6.29. The van der Waals surface area contributed by atoms with Crippen LogP contribution in [-0.4, -0.2) is 23.3 Å². The molecule has 1 aromatic heterocycles. The average Bonchev–Trinajstić information content (AvgIpc) is 2.68. The Balaban J connectivity index is 1.90. The van der Waals surface area contributed by atoms with Crippen LogP contribution in [0.3, 0.4) is 0 Å². The Bertz CT molecular complexity index is 862. The number of Topliss-reactive ketones (excluding diaryl/α,β-unsaturated/α-hetero) is 1. The molecule has 0 fully saturated rings. The number of aryl methyl sites for hydroxylation is 1. The van der Waals surface area contributed by atoms with E-state index in [0.29, 0.717) is 23.1 Å². The van der Waals surface area contributed by atoms with Crippen molar-refractivity contribution in [1.29, 1.82) is 0 Å². The molecular weight excluding hydrogens is 390 g/mol. The van der Waals surface area contributed by atoms with Gasteiger partial charge in [0, 0.05) is 25.6 Å². The molecule has 5 nitrogen and oxygen atoms in total. The molecule has 0 aliphatic carbocycles. The molecule has 0 spiro atoms. The molecule has 2 aromatic rings. The zero-order chi connectivity index (χ0) is 21.2. The van der Waals surface area contributed by atoms with Gasteiger partial charge in [0.2, 0.25) is 5.88 Å². The third-order valence-corrected chi connectivity index (χ3v) is 4.41. The van der Waals surface area contributed by atoms with Crippen LogP contribution in [0.4, 0.5) is 0 Å². The van der Waals surface area contributed by atoms with Crippen LogP contribution in [-0.2, 0) is 20.7 Å². The number of halogens is 1. The molecule has 0 N–H and O–H groups in total. The summed E-state index contributed by atoms with van der Waals surface area (Å²) < 4.78 is 10.5. The Morgan fingerprint density at radius 2 is 2.03 bits per heavy atom. The number of benzene rings is 1. The highest BCUT2D eigenvalue weighted by Crippen LogP contribution is 2.29. The fraction of sp³-hybridized carbons (Fsp3) is 0.348. The lowest BCUT2D eigenvalue weighted by atomic mass is 10.0. The monoisotopic (exact) mass is 415 g/mol. The lowest BCUT2D eigenvalue weighted by molar-refractivity contribution is -0.145. The summed E-state index contributed by atoms with van der Waals surface area (Å²) in [5, 5.41) is 0.564. The van der Waals surface area contributed by atoms with Crippen LogP contribution in [0.2, 0.25) is 5.02 Å². The first-order chi connectivity index (χ1) is 13.9. The van der Waals surface area contributed by atoms with Crippen LogP contribution in [0.1, 0.15) is 44.7 Å². The largest absolute Gasteiger partial charge is 0.458 e. The van der Waals surface area contributed by atoms with Crippen molar-refractivity contribution in [2.24, 2.45) is 5.92 Å². The molecule has 0 aliphatic heterocycles. The molecule has 1 heterocycles. The molecule has 1 aromatic carbocycles. The first-order valence-electron chi connectivity index (χ1n) is 9.63. The maximum atomic E-state index is 11.7. The van der Waals surface area contributed by atoms with E-state index in [4.69, 9.17) is 21.1 Å². The Hall–Kier alpha value is -2.66. The van der Waals surface area contributed by atoms with Gasteiger partial charge in [0.1, 0.15) is 12.4 Å². The summed E-state index contributed by atoms with van der Waals surface area (Å²) in [6.07, 6.45) is 7.86. The third-order valence-electron chi connectivity index (χ3n) is 4.11. The normalized spacial score (nSPS) is 12.0. The van der Waals surface area contributed by atoms with E-state index in [-0.39, 0.29) is 18.3 Å². The number of hydrogen-bond acceptors (Lipinski definition) is 5. The summed E-state index contributed by atoms with van der Waals surface area (Å²) in [5.74, 6) is 0.489. The highest BCUT2D eigenvalue weighted by Gasteiger charge is 2.09. The molecule has 6 heteroatoms. The number of ether oxygens (including phenoxy) is 2. The minimum atomic E-state index is -0.451. The van der Waals surface area contributed by atoms with Crippen molar-refractivity contribution in [2.75, 3.05) is 6.61 Å². The highest BCUT2D eigenvalue weighted by atomic mass is 35.5. The van der Waals surface area contributed by atoms with E-state index in [9.17, 15) is 9.59 Å². The number of esters is 1. The molecule has 154 valence electrons. The van der Waals surface area contributed by atoms with Gasteiger partial charge in [-0.15, -0.1) is 0 Å². The van der Waals surface area contributed by atoms with Crippen LogP contribution < -0.4 is 4.74 Å². The summed E-state index contributed by atoms with van der Waals surface area (Å²) in [4.78, 5) is 26.8. The highest BCUT2D eigenvalue weighted by molar-refractivity contribution is 6.32. The van der Waals surface area contributed by atoms with Gasteiger partial charge in [0.25, 0.3) is 0 Å². The van der Waals surface area contributed by atoms with Gasteiger partial charge in [0.05, 0.1) is 5.02 Å². The van der Waals surface area contributed by atoms with Gasteiger partial charge >= 0.3 is 5.97 Å². The van der Waals surface area contributed by atoms with Crippen LogP contribution in [0.25, 0.3) is 6.08 Å². The Labute approximate surface area is 176 Å². The van der Waals surface area contributed by atoms with E-state index >= 15 is 0 Å². The first-order valence-corrected chi connectivity index (χ1v) is 10.0. The fourth-order valence-corrected chi connectivity index (χ4v) is 2.92. The van der Waals surface area contributed by atoms with Gasteiger partial charge in [0.15, 0.2) is 5.78 Å². The zero-order valence-electron chi connectivity index (χ0n) is 17.0.